The number of hydrogen-bond donors (Lipinski definition) is 1. The van der Waals surface area contributed by atoms with Gasteiger partial charge >= 0.3 is 0 Å². The van der Waals surface area contributed by atoms with Crippen LogP contribution in [-0.4, -0.2) is 11.5 Å². The summed E-state index contributed by atoms with van der Waals surface area (Å²) in [5.74, 6) is 0. The van der Waals surface area contributed by atoms with Crippen LogP contribution in [0.3, 0.4) is 0 Å². The van der Waals surface area contributed by atoms with Crippen LogP contribution in [0.2, 0.25) is 0 Å². The van der Waals surface area contributed by atoms with Gasteiger partial charge in [-0.3, -0.25) is 0 Å². The van der Waals surface area contributed by atoms with Crippen molar-refractivity contribution in [2.45, 2.75) is 26.3 Å². The Kier molecular flexibility index (Phi) is 4.29. The molecule has 2 aromatic rings. The van der Waals surface area contributed by atoms with Gasteiger partial charge in [-0.25, -0.2) is 4.98 Å². The van der Waals surface area contributed by atoms with Crippen LogP contribution in [0.25, 0.3) is 0 Å². The molecule has 17 heavy (non-hydrogen) atoms. The molecule has 2 nitrogen and oxygen atoms in total. The van der Waals surface area contributed by atoms with E-state index in [2.05, 4.69) is 46.9 Å². The molecular weight excluding hydrogens is 228 g/mol. The summed E-state index contributed by atoms with van der Waals surface area (Å²) in [6, 6.07) is 10.8. The molecule has 1 aromatic carbocycles. The Balaban J connectivity index is 2.25. The number of aryl methyl sites for hydroxylation is 1. The molecule has 90 valence electrons. The monoisotopic (exact) mass is 246 g/mol. The summed E-state index contributed by atoms with van der Waals surface area (Å²) in [5.41, 5.74) is 2.39. The van der Waals surface area contributed by atoms with E-state index >= 15 is 0 Å². The third-order valence-corrected chi connectivity index (χ3v) is 3.64. The maximum atomic E-state index is 4.60. The minimum Gasteiger partial charge on any atom is -0.304 e. The van der Waals surface area contributed by atoms with Crippen LogP contribution in [0.5, 0.6) is 0 Å². The lowest BCUT2D eigenvalue weighted by atomic mass is 10.1. The number of nitrogens with zero attached hydrogens (tertiary/aromatic N) is 1. The third kappa shape index (κ3) is 3.14. The Hall–Kier alpha value is -1.19. The Labute approximate surface area is 107 Å². The predicted octanol–water partition coefficient (Wildman–Crippen LogP) is 3.54. The topological polar surface area (TPSA) is 24.9 Å². The first kappa shape index (κ1) is 12.3. The van der Waals surface area contributed by atoms with Gasteiger partial charge in [-0.2, -0.15) is 0 Å². The molecule has 0 fully saturated rings. The lowest BCUT2D eigenvalue weighted by Crippen LogP contribution is -2.23. The van der Waals surface area contributed by atoms with E-state index in [0.717, 1.165) is 23.7 Å². The van der Waals surface area contributed by atoms with Crippen molar-refractivity contribution in [3.63, 3.8) is 0 Å². The van der Waals surface area contributed by atoms with E-state index in [1.807, 2.05) is 13.0 Å². The minimum absolute atomic E-state index is 0.231. The van der Waals surface area contributed by atoms with Crippen LogP contribution in [0.15, 0.2) is 35.7 Å². The van der Waals surface area contributed by atoms with Crippen LogP contribution >= 0.6 is 11.3 Å². The van der Waals surface area contributed by atoms with Crippen molar-refractivity contribution in [2.75, 3.05) is 6.54 Å². The van der Waals surface area contributed by atoms with E-state index in [1.165, 1.54) is 5.56 Å². The molecule has 1 aromatic heterocycles. The van der Waals surface area contributed by atoms with E-state index in [4.69, 9.17) is 0 Å². The molecule has 1 heterocycles. The minimum atomic E-state index is 0.231. The van der Waals surface area contributed by atoms with E-state index < -0.39 is 0 Å². The molecule has 0 amide bonds. The summed E-state index contributed by atoms with van der Waals surface area (Å²) in [4.78, 5) is 4.60. The van der Waals surface area contributed by atoms with Crippen molar-refractivity contribution >= 4 is 11.3 Å². The van der Waals surface area contributed by atoms with Crippen LogP contribution in [0.4, 0.5) is 0 Å². The Morgan fingerprint density at radius 1 is 1.29 bits per heavy atom. The zero-order valence-corrected chi connectivity index (χ0v) is 11.1. The zero-order chi connectivity index (χ0) is 12.1. The molecule has 0 saturated carbocycles. The molecule has 3 heteroatoms. The van der Waals surface area contributed by atoms with Gasteiger partial charge in [0, 0.05) is 11.1 Å². The lowest BCUT2D eigenvalue weighted by molar-refractivity contribution is 0.595. The average molecular weight is 246 g/mol. The molecule has 0 radical (unpaired) electrons. The summed E-state index contributed by atoms with van der Waals surface area (Å²) in [6.45, 7) is 5.24. The molecule has 1 atom stereocenters. The molecule has 0 aliphatic heterocycles. The molecular formula is C14H18N2S. The molecule has 0 aliphatic carbocycles. The van der Waals surface area contributed by atoms with Crippen LogP contribution in [0, 0.1) is 6.92 Å². The quantitative estimate of drug-likeness (QED) is 0.873. The normalized spacial score (nSPS) is 12.6. The van der Waals surface area contributed by atoms with E-state index in [0.29, 0.717) is 0 Å². The molecule has 0 bridgehead atoms. The van der Waals surface area contributed by atoms with Gasteiger partial charge in [-0.05, 0) is 25.5 Å². The summed E-state index contributed by atoms with van der Waals surface area (Å²) in [7, 11) is 0. The van der Waals surface area contributed by atoms with E-state index in [-0.39, 0.29) is 6.04 Å². The molecule has 2 rings (SSSR count). The SMILES string of the molecule is CCCNC(c1ccccc1)c1nc(C)cs1. The van der Waals surface area contributed by atoms with Gasteiger partial charge < -0.3 is 5.32 Å². The summed E-state index contributed by atoms with van der Waals surface area (Å²) in [6.07, 6.45) is 1.13. The second-order valence-electron chi connectivity index (χ2n) is 4.12. The van der Waals surface area contributed by atoms with E-state index in [1.54, 1.807) is 11.3 Å². The van der Waals surface area contributed by atoms with E-state index in [9.17, 15) is 0 Å². The fourth-order valence-corrected chi connectivity index (χ4v) is 2.68. The standard InChI is InChI=1S/C14H18N2S/c1-3-9-15-13(12-7-5-4-6-8-12)14-16-11(2)10-17-14/h4-8,10,13,15H,3,9H2,1-2H3. The fourth-order valence-electron chi connectivity index (χ4n) is 1.79. The smallest absolute Gasteiger partial charge is 0.114 e. The van der Waals surface area contributed by atoms with Crippen LogP contribution < -0.4 is 5.32 Å². The number of aromatic nitrogens is 1. The Bertz CT molecular complexity index is 450. The number of benzene rings is 1. The highest BCUT2D eigenvalue weighted by molar-refractivity contribution is 7.09. The highest BCUT2D eigenvalue weighted by atomic mass is 32.1. The number of rotatable bonds is 5. The average Bonchev–Trinajstić information content (AvgIpc) is 2.78. The van der Waals surface area contributed by atoms with Crippen LogP contribution in [0.1, 0.15) is 35.7 Å². The predicted molar refractivity (Wildman–Crippen MR) is 73.4 cm³/mol. The Morgan fingerprint density at radius 2 is 2.06 bits per heavy atom. The molecule has 0 spiro atoms. The van der Waals surface area contributed by atoms with Gasteiger partial charge in [-0.15, -0.1) is 11.3 Å². The first-order valence-corrected chi connectivity index (χ1v) is 6.89. The van der Waals surface area contributed by atoms with Gasteiger partial charge in [0.15, 0.2) is 0 Å². The number of hydrogen-bond acceptors (Lipinski definition) is 3. The van der Waals surface area contributed by atoms with Crippen molar-refractivity contribution in [1.29, 1.82) is 0 Å². The largest absolute Gasteiger partial charge is 0.304 e. The highest BCUT2D eigenvalue weighted by Gasteiger charge is 2.15. The van der Waals surface area contributed by atoms with Gasteiger partial charge in [0.1, 0.15) is 5.01 Å². The van der Waals surface area contributed by atoms with Gasteiger partial charge in [-0.1, -0.05) is 37.3 Å². The number of thiazole rings is 1. The summed E-state index contributed by atoms with van der Waals surface area (Å²) < 4.78 is 0. The van der Waals surface area contributed by atoms with Gasteiger partial charge in [0.2, 0.25) is 0 Å². The Morgan fingerprint density at radius 3 is 2.65 bits per heavy atom. The fraction of sp³-hybridized carbons (Fsp3) is 0.357. The molecule has 1 N–H and O–H groups in total. The second-order valence-corrected chi connectivity index (χ2v) is 5.01. The van der Waals surface area contributed by atoms with Crippen LogP contribution in [-0.2, 0) is 0 Å². The molecule has 0 aliphatic rings. The van der Waals surface area contributed by atoms with Crippen molar-refractivity contribution in [3.05, 3.63) is 52.0 Å². The van der Waals surface area contributed by atoms with Crippen molar-refractivity contribution in [1.82, 2.24) is 10.3 Å². The van der Waals surface area contributed by atoms with Gasteiger partial charge in [0.25, 0.3) is 0 Å². The number of nitrogens with one attached hydrogen (secondary N) is 1. The first-order valence-electron chi connectivity index (χ1n) is 6.01. The van der Waals surface area contributed by atoms with Crippen molar-refractivity contribution in [2.24, 2.45) is 0 Å². The lowest BCUT2D eigenvalue weighted by Gasteiger charge is -2.16. The third-order valence-electron chi connectivity index (χ3n) is 2.62. The first-order chi connectivity index (χ1) is 8.31. The second kappa shape index (κ2) is 5.94. The maximum Gasteiger partial charge on any atom is 0.114 e. The summed E-state index contributed by atoms with van der Waals surface area (Å²) in [5, 5.41) is 6.83. The van der Waals surface area contributed by atoms with Crippen molar-refractivity contribution in [3.8, 4) is 0 Å². The molecule has 0 saturated heterocycles. The zero-order valence-electron chi connectivity index (χ0n) is 10.3. The summed E-state index contributed by atoms with van der Waals surface area (Å²) >= 11 is 1.73. The maximum absolute atomic E-state index is 4.60. The van der Waals surface area contributed by atoms with Crippen molar-refractivity contribution < 1.29 is 0 Å². The van der Waals surface area contributed by atoms with Gasteiger partial charge in [0.05, 0.1) is 6.04 Å². The molecule has 1 unspecified atom stereocenters. The highest BCUT2D eigenvalue weighted by Crippen LogP contribution is 2.24.